The van der Waals surface area contributed by atoms with Gasteiger partial charge >= 0.3 is 0 Å². The number of halogens is 1. The molecule has 0 aliphatic carbocycles. The lowest BCUT2D eigenvalue weighted by molar-refractivity contribution is 0.406. The number of hydrogen-bond acceptors (Lipinski definition) is 4. The van der Waals surface area contributed by atoms with E-state index in [1.54, 1.807) is 35.9 Å². The zero-order valence-electron chi connectivity index (χ0n) is 14.0. The van der Waals surface area contributed by atoms with Crippen LogP contribution in [0.4, 0.5) is 4.39 Å². The monoisotopic (exact) mass is 352 g/mol. The number of benzene rings is 1. The number of thiazole rings is 1. The molecule has 3 heterocycles. The predicted molar refractivity (Wildman–Crippen MR) is 99.1 cm³/mol. The van der Waals surface area contributed by atoms with Crippen molar-refractivity contribution in [2.45, 2.75) is 6.54 Å². The van der Waals surface area contributed by atoms with Crippen molar-refractivity contribution in [3.8, 4) is 22.5 Å². The highest BCUT2D eigenvalue weighted by molar-refractivity contribution is 7.17. The van der Waals surface area contributed by atoms with Gasteiger partial charge in [-0.2, -0.15) is 0 Å². The molecule has 4 nitrogen and oxygen atoms in total. The molecule has 0 bridgehead atoms. The highest BCUT2D eigenvalue weighted by Gasteiger charge is 2.18. The molecule has 0 atom stereocenters. The Morgan fingerprint density at radius 2 is 1.76 bits per heavy atom. The first-order chi connectivity index (χ1) is 12.1. The number of rotatable bonds is 4. The zero-order chi connectivity index (χ0) is 17.4. The Hall–Kier alpha value is -2.57. The first-order valence-electron chi connectivity index (χ1n) is 7.93. The fourth-order valence-corrected chi connectivity index (χ4v) is 3.97. The molecule has 0 amide bonds. The summed E-state index contributed by atoms with van der Waals surface area (Å²) >= 11 is 1.67. The summed E-state index contributed by atoms with van der Waals surface area (Å²) in [5, 5.41) is 0. The van der Waals surface area contributed by atoms with Crippen LogP contribution in [-0.4, -0.2) is 33.4 Å². The van der Waals surface area contributed by atoms with Gasteiger partial charge < -0.3 is 4.90 Å². The van der Waals surface area contributed by atoms with Crippen LogP contribution in [0, 0.1) is 5.82 Å². The quantitative estimate of drug-likeness (QED) is 0.548. The van der Waals surface area contributed by atoms with Crippen molar-refractivity contribution >= 4 is 16.3 Å². The largest absolute Gasteiger partial charge is 0.304 e. The van der Waals surface area contributed by atoms with Gasteiger partial charge in [-0.05, 0) is 50.5 Å². The second-order valence-corrected chi connectivity index (χ2v) is 7.23. The average molecular weight is 352 g/mol. The van der Waals surface area contributed by atoms with Gasteiger partial charge in [-0.3, -0.25) is 9.38 Å². The van der Waals surface area contributed by atoms with E-state index in [-0.39, 0.29) is 5.82 Å². The van der Waals surface area contributed by atoms with Crippen LogP contribution in [0.5, 0.6) is 0 Å². The Bertz CT molecular complexity index is 1000. The van der Waals surface area contributed by atoms with E-state index in [1.165, 1.54) is 17.0 Å². The molecular formula is C19H17FN4S. The Labute approximate surface area is 149 Å². The Kier molecular flexibility index (Phi) is 4.07. The topological polar surface area (TPSA) is 33.4 Å². The SMILES string of the molecule is CN(C)Cc1cn2c(-c3ccncc3)c(-c3ccc(F)cc3)nc2s1. The van der Waals surface area contributed by atoms with E-state index < -0.39 is 0 Å². The van der Waals surface area contributed by atoms with Crippen LogP contribution >= 0.6 is 11.3 Å². The van der Waals surface area contributed by atoms with Crippen LogP contribution in [0.1, 0.15) is 4.88 Å². The van der Waals surface area contributed by atoms with Gasteiger partial charge in [0.2, 0.25) is 0 Å². The molecule has 4 rings (SSSR count). The number of nitrogens with zero attached hydrogens (tertiary/aromatic N) is 4. The van der Waals surface area contributed by atoms with Crippen LogP contribution in [0.15, 0.2) is 55.0 Å². The summed E-state index contributed by atoms with van der Waals surface area (Å²) in [6.07, 6.45) is 5.68. The zero-order valence-corrected chi connectivity index (χ0v) is 14.8. The molecule has 0 N–H and O–H groups in total. The van der Waals surface area contributed by atoms with Gasteiger partial charge in [0.05, 0.1) is 11.4 Å². The predicted octanol–water partition coefficient (Wildman–Crippen LogP) is 4.33. The Morgan fingerprint density at radius 3 is 2.44 bits per heavy atom. The molecule has 0 aliphatic heterocycles. The molecule has 0 saturated carbocycles. The number of fused-ring (bicyclic) bond motifs is 1. The summed E-state index contributed by atoms with van der Waals surface area (Å²) in [5.41, 5.74) is 3.80. The maximum absolute atomic E-state index is 13.3. The minimum absolute atomic E-state index is 0.247. The van der Waals surface area contributed by atoms with E-state index in [1.807, 2.05) is 12.1 Å². The molecular weight excluding hydrogens is 335 g/mol. The van der Waals surface area contributed by atoms with Gasteiger partial charge in [-0.15, -0.1) is 0 Å². The standard InChI is InChI=1S/C19H17FN4S/c1-23(2)11-16-12-24-18(14-7-9-21-10-8-14)17(22-19(24)25-16)13-3-5-15(20)6-4-13/h3-10,12H,11H2,1-2H3. The van der Waals surface area contributed by atoms with Gasteiger partial charge in [0, 0.05) is 41.1 Å². The molecule has 0 unspecified atom stereocenters. The van der Waals surface area contributed by atoms with Gasteiger partial charge in [0.15, 0.2) is 4.96 Å². The normalized spacial score (nSPS) is 11.5. The van der Waals surface area contributed by atoms with Crippen LogP contribution in [-0.2, 0) is 6.54 Å². The van der Waals surface area contributed by atoms with Crippen molar-refractivity contribution in [1.29, 1.82) is 0 Å². The van der Waals surface area contributed by atoms with Crippen LogP contribution in [0.3, 0.4) is 0 Å². The second kappa shape index (κ2) is 6.38. The van der Waals surface area contributed by atoms with Crippen molar-refractivity contribution in [2.24, 2.45) is 0 Å². The van der Waals surface area contributed by atoms with Gasteiger partial charge in [-0.25, -0.2) is 9.37 Å². The summed E-state index contributed by atoms with van der Waals surface area (Å²) in [6.45, 7) is 0.871. The lowest BCUT2D eigenvalue weighted by atomic mass is 10.1. The van der Waals surface area contributed by atoms with E-state index >= 15 is 0 Å². The molecule has 25 heavy (non-hydrogen) atoms. The molecule has 6 heteroatoms. The van der Waals surface area contributed by atoms with E-state index in [9.17, 15) is 4.39 Å². The van der Waals surface area contributed by atoms with Gasteiger partial charge in [-0.1, -0.05) is 11.3 Å². The van der Waals surface area contributed by atoms with Crippen molar-refractivity contribution in [3.63, 3.8) is 0 Å². The number of imidazole rings is 1. The maximum Gasteiger partial charge on any atom is 0.195 e. The lowest BCUT2D eigenvalue weighted by Crippen LogP contribution is -2.09. The van der Waals surface area contributed by atoms with Crippen molar-refractivity contribution in [1.82, 2.24) is 19.3 Å². The first-order valence-corrected chi connectivity index (χ1v) is 8.75. The van der Waals surface area contributed by atoms with E-state index in [0.717, 1.165) is 34.0 Å². The third-order valence-electron chi connectivity index (χ3n) is 3.92. The highest BCUT2D eigenvalue weighted by atomic mass is 32.1. The van der Waals surface area contributed by atoms with Gasteiger partial charge in [0.1, 0.15) is 5.82 Å². The third kappa shape index (κ3) is 3.06. The Balaban J connectivity index is 1.93. The molecule has 1 aromatic carbocycles. The smallest absolute Gasteiger partial charge is 0.195 e. The van der Waals surface area contributed by atoms with Crippen LogP contribution < -0.4 is 0 Å². The summed E-state index contributed by atoms with van der Waals surface area (Å²) in [4.78, 5) is 13.3. The number of pyridine rings is 1. The van der Waals surface area contributed by atoms with Crippen molar-refractivity contribution in [2.75, 3.05) is 14.1 Å². The highest BCUT2D eigenvalue weighted by Crippen LogP contribution is 2.35. The molecule has 0 spiro atoms. The number of aromatic nitrogens is 3. The molecule has 0 radical (unpaired) electrons. The minimum atomic E-state index is -0.247. The van der Waals surface area contributed by atoms with Gasteiger partial charge in [0.25, 0.3) is 0 Å². The first kappa shape index (κ1) is 15.9. The summed E-state index contributed by atoms with van der Waals surface area (Å²) < 4.78 is 15.4. The molecule has 0 saturated heterocycles. The fraction of sp³-hybridized carbons (Fsp3) is 0.158. The van der Waals surface area contributed by atoms with E-state index in [2.05, 4.69) is 34.6 Å². The maximum atomic E-state index is 13.3. The van der Waals surface area contributed by atoms with E-state index in [4.69, 9.17) is 4.98 Å². The molecule has 126 valence electrons. The fourth-order valence-electron chi connectivity index (χ4n) is 2.87. The van der Waals surface area contributed by atoms with E-state index in [0.29, 0.717) is 0 Å². The summed E-state index contributed by atoms with van der Waals surface area (Å²) in [7, 11) is 4.10. The summed E-state index contributed by atoms with van der Waals surface area (Å²) in [5.74, 6) is -0.247. The lowest BCUT2D eigenvalue weighted by Gasteiger charge is -2.07. The van der Waals surface area contributed by atoms with Crippen molar-refractivity contribution < 1.29 is 4.39 Å². The second-order valence-electron chi connectivity index (χ2n) is 6.14. The average Bonchev–Trinajstić information content (AvgIpc) is 3.12. The molecule has 3 aromatic heterocycles. The minimum Gasteiger partial charge on any atom is -0.304 e. The third-order valence-corrected chi connectivity index (χ3v) is 4.88. The molecule has 0 aliphatic rings. The van der Waals surface area contributed by atoms with Crippen LogP contribution in [0.2, 0.25) is 0 Å². The Morgan fingerprint density at radius 1 is 1.04 bits per heavy atom. The molecule has 0 fully saturated rings. The number of hydrogen-bond donors (Lipinski definition) is 0. The van der Waals surface area contributed by atoms with Crippen LogP contribution in [0.25, 0.3) is 27.5 Å². The van der Waals surface area contributed by atoms with Crippen molar-refractivity contribution in [3.05, 3.63) is 65.7 Å². The summed E-state index contributed by atoms with van der Waals surface area (Å²) in [6, 6.07) is 10.4. The molecule has 4 aromatic rings.